The topological polar surface area (TPSA) is 23.5 Å². The molecule has 2 unspecified atom stereocenters. The first-order valence-corrected chi connectivity index (χ1v) is 7.43. The molecule has 0 saturated carbocycles. The van der Waals surface area contributed by atoms with Crippen molar-refractivity contribution in [2.75, 3.05) is 24.0 Å². The van der Waals surface area contributed by atoms with Crippen molar-refractivity contribution in [1.29, 1.82) is 0 Å². The van der Waals surface area contributed by atoms with E-state index in [-0.39, 0.29) is 0 Å². The highest BCUT2D eigenvalue weighted by molar-refractivity contribution is 7.98. The molecule has 1 aromatic rings. The predicted octanol–water partition coefficient (Wildman–Crippen LogP) is 3.58. The lowest BCUT2D eigenvalue weighted by Gasteiger charge is -2.27. The van der Waals surface area contributed by atoms with Crippen molar-refractivity contribution in [2.45, 2.75) is 26.0 Å². The Bertz CT molecular complexity index is 370. The van der Waals surface area contributed by atoms with Crippen molar-refractivity contribution in [3.8, 4) is 0 Å². The smallest absolute Gasteiger partial charge is 0.0776 e. The number of hydrogen-bond acceptors (Lipinski definition) is 3. The number of nitrogens with zero attached hydrogens (tertiary/aromatic N) is 1. The van der Waals surface area contributed by atoms with Gasteiger partial charge < -0.3 is 10.0 Å². The maximum absolute atomic E-state index is 9.53. The summed E-state index contributed by atoms with van der Waals surface area (Å²) >= 11 is 7.99. The van der Waals surface area contributed by atoms with Crippen LogP contribution in [0.4, 0.5) is 5.69 Å². The summed E-state index contributed by atoms with van der Waals surface area (Å²) < 4.78 is 0. The number of rotatable bonds is 5. The number of thioether (sulfide) groups is 1. The SMILES string of the molecule is CSCC(C)N(C)c1ccc(C(C)O)c(Cl)c1. The van der Waals surface area contributed by atoms with Crippen LogP contribution in [0.25, 0.3) is 0 Å². The van der Waals surface area contributed by atoms with Gasteiger partial charge in [-0.05, 0) is 37.8 Å². The van der Waals surface area contributed by atoms with Crippen LogP contribution in [0.1, 0.15) is 25.5 Å². The van der Waals surface area contributed by atoms with Gasteiger partial charge in [-0.2, -0.15) is 11.8 Å². The summed E-state index contributed by atoms with van der Waals surface area (Å²) in [5.41, 5.74) is 1.86. The van der Waals surface area contributed by atoms with Crippen LogP contribution in [0, 0.1) is 0 Å². The van der Waals surface area contributed by atoms with Crippen LogP contribution in [0.15, 0.2) is 18.2 Å². The molecule has 0 amide bonds. The van der Waals surface area contributed by atoms with Crippen LogP contribution in [-0.2, 0) is 0 Å². The molecule has 2 nitrogen and oxygen atoms in total. The number of aliphatic hydroxyl groups is 1. The van der Waals surface area contributed by atoms with Crippen LogP contribution < -0.4 is 4.90 Å². The molecule has 0 aliphatic heterocycles. The predicted molar refractivity (Wildman–Crippen MR) is 78.3 cm³/mol. The molecule has 4 heteroatoms. The second-order valence-electron chi connectivity index (χ2n) is 4.30. The lowest BCUT2D eigenvalue weighted by atomic mass is 10.1. The molecule has 1 N–H and O–H groups in total. The Morgan fingerprint density at radius 2 is 2.06 bits per heavy atom. The zero-order valence-electron chi connectivity index (χ0n) is 10.8. The lowest BCUT2D eigenvalue weighted by molar-refractivity contribution is 0.199. The Labute approximate surface area is 113 Å². The number of halogens is 1. The molecule has 17 heavy (non-hydrogen) atoms. The molecule has 0 aliphatic rings. The molecule has 0 saturated heterocycles. The third-order valence-corrected chi connectivity index (χ3v) is 4.05. The average Bonchev–Trinajstić information content (AvgIpc) is 2.27. The third kappa shape index (κ3) is 3.80. The van der Waals surface area contributed by atoms with E-state index in [1.54, 1.807) is 6.92 Å². The van der Waals surface area contributed by atoms with E-state index >= 15 is 0 Å². The van der Waals surface area contributed by atoms with Crippen molar-refractivity contribution < 1.29 is 5.11 Å². The Balaban J connectivity index is 2.89. The highest BCUT2D eigenvalue weighted by atomic mass is 35.5. The number of aliphatic hydroxyl groups excluding tert-OH is 1. The standard InChI is InChI=1S/C13H20ClNOS/c1-9(8-17-4)15(3)11-5-6-12(10(2)16)13(14)7-11/h5-7,9-10,16H,8H2,1-4H3. The van der Waals surface area contributed by atoms with Gasteiger partial charge >= 0.3 is 0 Å². The molecule has 0 bridgehead atoms. The fraction of sp³-hybridized carbons (Fsp3) is 0.538. The van der Waals surface area contributed by atoms with E-state index in [9.17, 15) is 5.11 Å². The number of anilines is 1. The van der Waals surface area contributed by atoms with Crippen LogP contribution in [0.5, 0.6) is 0 Å². The molecule has 1 rings (SSSR count). The summed E-state index contributed by atoms with van der Waals surface area (Å²) in [6.07, 6.45) is 1.58. The molecular weight excluding hydrogens is 254 g/mol. The second kappa shape index (κ2) is 6.53. The molecule has 0 spiro atoms. The van der Waals surface area contributed by atoms with Crippen molar-refractivity contribution in [2.24, 2.45) is 0 Å². The van der Waals surface area contributed by atoms with E-state index in [1.165, 1.54) is 0 Å². The minimum Gasteiger partial charge on any atom is -0.389 e. The van der Waals surface area contributed by atoms with Gasteiger partial charge in [-0.1, -0.05) is 17.7 Å². The van der Waals surface area contributed by atoms with Crippen LogP contribution >= 0.6 is 23.4 Å². The minimum absolute atomic E-state index is 0.457. The number of hydrogen-bond donors (Lipinski definition) is 1. The van der Waals surface area contributed by atoms with Gasteiger partial charge in [0.05, 0.1) is 6.10 Å². The van der Waals surface area contributed by atoms with Crippen LogP contribution in [0.3, 0.4) is 0 Å². The van der Waals surface area contributed by atoms with Crippen molar-refractivity contribution >= 4 is 29.1 Å². The summed E-state index contributed by atoms with van der Waals surface area (Å²) in [5.74, 6) is 1.08. The van der Waals surface area contributed by atoms with Crippen molar-refractivity contribution in [3.05, 3.63) is 28.8 Å². The van der Waals surface area contributed by atoms with Gasteiger partial charge in [0.1, 0.15) is 0 Å². The molecule has 0 fully saturated rings. The third-order valence-electron chi connectivity index (χ3n) is 2.91. The molecule has 0 radical (unpaired) electrons. The first-order chi connectivity index (χ1) is 7.97. The number of benzene rings is 1. The summed E-state index contributed by atoms with van der Waals surface area (Å²) in [5, 5.41) is 10.2. The quantitative estimate of drug-likeness (QED) is 0.887. The molecule has 0 heterocycles. The monoisotopic (exact) mass is 273 g/mol. The first kappa shape index (κ1) is 14.7. The summed E-state index contributed by atoms with van der Waals surface area (Å²) in [6.45, 7) is 3.91. The fourth-order valence-corrected chi connectivity index (χ4v) is 2.72. The Hall–Kier alpha value is -0.380. The molecular formula is C13H20ClNOS. The fourth-order valence-electron chi connectivity index (χ4n) is 1.68. The summed E-state index contributed by atoms with van der Waals surface area (Å²) in [7, 11) is 2.06. The van der Waals surface area contributed by atoms with E-state index in [4.69, 9.17) is 11.6 Å². The maximum atomic E-state index is 9.53. The Morgan fingerprint density at radius 3 is 2.53 bits per heavy atom. The van der Waals surface area contributed by atoms with E-state index < -0.39 is 6.10 Å². The Kier molecular flexibility index (Phi) is 5.63. The molecule has 1 aromatic carbocycles. The largest absolute Gasteiger partial charge is 0.389 e. The maximum Gasteiger partial charge on any atom is 0.0776 e. The normalized spacial score (nSPS) is 14.5. The second-order valence-corrected chi connectivity index (χ2v) is 5.61. The first-order valence-electron chi connectivity index (χ1n) is 5.66. The Morgan fingerprint density at radius 1 is 1.41 bits per heavy atom. The molecule has 2 atom stereocenters. The van der Waals surface area contributed by atoms with E-state index in [2.05, 4.69) is 25.1 Å². The molecule has 0 aliphatic carbocycles. The van der Waals surface area contributed by atoms with Crippen LogP contribution in [0.2, 0.25) is 5.02 Å². The van der Waals surface area contributed by atoms with Gasteiger partial charge in [0.25, 0.3) is 0 Å². The molecule has 96 valence electrons. The zero-order chi connectivity index (χ0) is 13.0. The summed E-state index contributed by atoms with van der Waals surface area (Å²) in [6, 6.07) is 6.27. The lowest BCUT2D eigenvalue weighted by Crippen LogP contribution is -2.30. The van der Waals surface area contributed by atoms with Gasteiger partial charge in [0.15, 0.2) is 0 Å². The highest BCUT2D eigenvalue weighted by Gasteiger charge is 2.12. The van der Waals surface area contributed by atoms with Gasteiger partial charge in [0.2, 0.25) is 0 Å². The summed E-state index contributed by atoms with van der Waals surface area (Å²) in [4.78, 5) is 2.20. The van der Waals surface area contributed by atoms with E-state index in [0.29, 0.717) is 11.1 Å². The zero-order valence-corrected chi connectivity index (χ0v) is 12.3. The van der Waals surface area contributed by atoms with Gasteiger partial charge in [-0.25, -0.2) is 0 Å². The van der Waals surface area contributed by atoms with Gasteiger partial charge in [-0.15, -0.1) is 0 Å². The van der Waals surface area contributed by atoms with E-state index in [0.717, 1.165) is 17.0 Å². The van der Waals surface area contributed by atoms with Crippen LogP contribution in [-0.4, -0.2) is 30.2 Å². The van der Waals surface area contributed by atoms with Crippen molar-refractivity contribution in [3.63, 3.8) is 0 Å². The molecule has 0 aromatic heterocycles. The minimum atomic E-state index is -0.523. The van der Waals surface area contributed by atoms with Gasteiger partial charge in [-0.3, -0.25) is 0 Å². The van der Waals surface area contributed by atoms with E-state index in [1.807, 2.05) is 30.0 Å². The van der Waals surface area contributed by atoms with Gasteiger partial charge in [0, 0.05) is 29.6 Å². The average molecular weight is 274 g/mol. The highest BCUT2D eigenvalue weighted by Crippen LogP contribution is 2.28. The van der Waals surface area contributed by atoms with Crippen molar-refractivity contribution in [1.82, 2.24) is 0 Å².